The van der Waals surface area contributed by atoms with Crippen molar-refractivity contribution in [2.75, 3.05) is 59.0 Å². The van der Waals surface area contributed by atoms with Gasteiger partial charge in [-0.15, -0.1) is 0 Å². The fraction of sp³-hybridized carbons (Fsp3) is 0.632. The Bertz CT molecular complexity index is 758. The monoisotopic (exact) mass is 393 g/mol. The highest BCUT2D eigenvalue weighted by Crippen LogP contribution is 2.27. The number of sulfonamides is 1. The van der Waals surface area contributed by atoms with Crippen LogP contribution in [0.2, 0.25) is 0 Å². The lowest BCUT2D eigenvalue weighted by Gasteiger charge is -2.40. The first-order valence-electron chi connectivity index (χ1n) is 9.67. The highest BCUT2D eigenvalue weighted by molar-refractivity contribution is 7.89. The zero-order valence-corrected chi connectivity index (χ0v) is 16.3. The lowest BCUT2D eigenvalue weighted by atomic mass is 10.1. The average Bonchev–Trinajstić information content (AvgIpc) is 3.11. The molecule has 1 unspecified atom stereocenters. The van der Waals surface area contributed by atoms with Crippen LogP contribution < -0.4 is 0 Å². The van der Waals surface area contributed by atoms with Crippen molar-refractivity contribution in [3.63, 3.8) is 0 Å². The standard InChI is InChI=1S/C19H27N3O4S/c23-19(17-4-2-1-3-5-17)21-14-18(15-21)27(24,25)22-7-6-16(13-22)12-20-8-10-26-11-9-20/h1-5,16,18H,6-15H2. The molecule has 0 spiro atoms. The molecule has 1 aromatic carbocycles. The van der Waals surface area contributed by atoms with Gasteiger partial charge in [-0.2, -0.15) is 0 Å². The average molecular weight is 394 g/mol. The Morgan fingerprint density at radius 3 is 2.44 bits per heavy atom. The fourth-order valence-electron chi connectivity index (χ4n) is 4.09. The number of carbonyl (C=O) groups excluding carboxylic acids is 1. The molecule has 0 radical (unpaired) electrons. The lowest BCUT2D eigenvalue weighted by Crippen LogP contribution is -2.59. The molecule has 0 N–H and O–H groups in total. The van der Waals surface area contributed by atoms with E-state index in [0.717, 1.165) is 39.3 Å². The van der Waals surface area contributed by atoms with Gasteiger partial charge in [0.15, 0.2) is 0 Å². The van der Waals surface area contributed by atoms with E-state index >= 15 is 0 Å². The van der Waals surface area contributed by atoms with Gasteiger partial charge >= 0.3 is 0 Å². The molecule has 3 saturated heterocycles. The van der Waals surface area contributed by atoms with Crippen LogP contribution in [0.5, 0.6) is 0 Å². The number of hydrogen-bond donors (Lipinski definition) is 0. The van der Waals surface area contributed by atoms with Gasteiger partial charge in [-0.1, -0.05) is 18.2 Å². The zero-order chi connectivity index (χ0) is 18.9. The third kappa shape index (κ3) is 4.03. The van der Waals surface area contributed by atoms with E-state index in [2.05, 4.69) is 4.90 Å². The van der Waals surface area contributed by atoms with Crippen molar-refractivity contribution in [1.82, 2.24) is 14.1 Å². The summed E-state index contributed by atoms with van der Waals surface area (Å²) in [4.78, 5) is 16.4. The highest BCUT2D eigenvalue weighted by atomic mass is 32.2. The number of nitrogens with zero attached hydrogens (tertiary/aromatic N) is 3. The van der Waals surface area contributed by atoms with Crippen molar-refractivity contribution in [3.8, 4) is 0 Å². The van der Waals surface area contributed by atoms with E-state index < -0.39 is 15.3 Å². The van der Waals surface area contributed by atoms with Gasteiger partial charge in [0.1, 0.15) is 5.25 Å². The number of ether oxygens (including phenoxy) is 1. The molecule has 4 rings (SSSR count). The summed E-state index contributed by atoms with van der Waals surface area (Å²) >= 11 is 0. The quantitative estimate of drug-likeness (QED) is 0.728. The Kier molecular flexibility index (Phi) is 5.50. The predicted octanol–water partition coefficient (Wildman–Crippen LogP) is 0.495. The third-order valence-electron chi connectivity index (χ3n) is 5.81. The van der Waals surface area contributed by atoms with Crippen LogP contribution in [-0.4, -0.2) is 92.7 Å². The molecule has 3 aliphatic rings. The van der Waals surface area contributed by atoms with Gasteiger partial charge in [0.05, 0.1) is 13.2 Å². The predicted molar refractivity (Wildman–Crippen MR) is 102 cm³/mol. The topological polar surface area (TPSA) is 70.2 Å². The van der Waals surface area contributed by atoms with E-state index in [1.807, 2.05) is 18.2 Å². The van der Waals surface area contributed by atoms with Crippen LogP contribution in [0.15, 0.2) is 30.3 Å². The summed E-state index contributed by atoms with van der Waals surface area (Å²) in [6, 6.07) is 9.03. The summed E-state index contributed by atoms with van der Waals surface area (Å²) in [5.41, 5.74) is 0.611. The lowest BCUT2D eigenvalue weighted by molar-refractivity contribution is 0.0315. The molecule has 7 nitrogen and oxygen atoms in total. The normalized spacial score (nSPS) is 25.5. The maximum atomic E-state index is 12.9. The Morgan fingerprint density at radius 1 is 1.04 bits per heavy atom. The fourth-order valence-corrected chi connectivity index (χ4v) is 6.03. The number of amides is 1. The van der Waals surface area contributed by atoms with Crippen molar-refractivity contribution in [2.45, 2.75) is 11.7 Å². The second-order valence-electron chi connectivity index (χ2n) is 7.67. The van der Waals surface area contributed by atoms with E-state index in [0.29, 0.717) is 37.7 Å². The largest absolute Gasteiger partial charge is 0.379 e. The minimum absolute atomic E-state index is 0.0892. The minimum atomic E-state index is -3.33. The highest BCUT2D eigenvalue weighted by Gasteiger charge is 2.44. The van der Waals surface area contributed by atoms with E-state index in [-0.39, 0.29) is 5.91 Å². The first-order valence-corrected chi connectivity index (χ1v) is 11.2. The molecule has 3 fully saturated rings. The molecular weight excluding hydrogens is 366 g/mol. The first-order chi connectivity index (χ1) is 13.0. The number of hydrogen-bond acceptors (Lipinski definition) is 5. The van der Waals surface area contributed by atoms with E-state index in [9.17, 15) is 13.2 Å². The Balaban J connectivity index is 1.29. The molecule has 8 heteroatoms. The second kappa shape index (κ2) is 7.87. The zero-order valence-electron chi connectivity index (χ0n) is 15.5. The summed E-state index contributed by atoms with van der Waals surface area (Å²) < 4.78 is 32.8. The van der Waals surface area contributed by atoms with Crippen LogP contribution >= 0.6 is 0 Å². The van der Waals surface area contributed by atoms with E-state index in [4.69, 9.17) is 4.74 Å². The van der Waals surface area contributed by atoms with Crippen LogP contribution in [0.25, 0.3) is 0 Å². The van der Waals surface area contributed by atoms with Gasteiger partial charge in [0.25, 0.3) is 5.91 Å². The Morgan fingerprint density at radius 2 is 1.74 bits per heavy atom. The van der Waals surface area contributed by atoms with E-state index in [1.165, 1.54) is 0 Å². The smallest absolute Gasteiger partial charge is 0.253 e. The summed E-state index contributed by atoms with van der Waals surface area (Å²) in [6.45, 7) is 6.12. The number of likely N-dealkylation sites (tertiary alicyclic amines) is 1. The third-order valence-corrected chi connectivity index (χ3v) is 8.00. The Labute approximate surface area is 160 Å². The summed E-state index contributed by atoms with van der Waals surface area (Å²) in [5, 5.41) is -0.465. The molecule has 1 atom stereocenters. The van der Waals surface area contributed by atoms with Crippen LogP contribution in [-0.2, 0) is 14.8 Å². The van der Waals surface area contributed by atoms with Gasteiger partial charge in [-0.25, -0.2) is 12.7 Å². The molecular formula is C19H27N3O4S. The summed E-state index contributed by atoms with van der Waals surface area (Å²) in [7, 11) is -3.33. The van der Waals surface area contributed by atoms with Gasteiger partial charge < -0.3 is 9.64 Å². The van der Waals surface area contributed by atoms with Crippen LogP contribution in [0, 0.1) is 5.92 Å². The van der Waals surface area contributed by atoms with Crippen LogP contribution in [0.4, 0.5) is 0 Å². The molecule has 3 aliphatic heterocycles. The van der Waals surface area contributed by atoms with Crippen molar-refractivity contribution in [3.05, 3.63) is 35.9 Å². The van der Waals surface area contributed by atoms with Crippen molar-refractivity contribution in [2.24, 2.45) is 5.92 Å². The molecule has 1 amide bonds. The summed E-state index contributed by atoms with van der Waals surface area (Å²) in [5.74, 6) is 0.300. The van der Waals surface area contributed by atoms with Gasteiger partial charge in [-0.3, -0.25) is 9.69 Å². The number of benzene rings is 1. The van der Waals surface area contributed by atoms with Crippen LogP contribution in [0.1, 0.15) is 16.8 Å². The molecule has 27 heavy (non-hydrogen) atoms. The van der Waals surface area contributed by atoms with Crippen molar-refractivity contribution < 1.29 is 17.9 Å². The number of carbonyl (C=O) groups is 1. The number of morpholine rings is 1. The maximum Gasteiger partial charge on any atom is 0.253 e. The molecule has 3 heterocycles. The number of rotatable bonds is 5. The minimum Gasteiger partial charge on any atom is -0.379 e. The molecule has 148 valence electrons. The van der Waals surface area contributed by atoms with Crippen LogP contribution in [0.3, 0.4) is 0 Å². The molecule has 0 aliphatic carbocycles. The van der Waals surface area contributed by atoms with Gasteiger partial charge in [0, 0.05) is 51.4 Å². The second-order valence-corrected chi connectivity index (χ2v) is 9.88. The van der Waals surface area contributed by atoms with Crippen molar-refractivity contribution in [1.29, 1.82) is 0 Å². The summed E-state index contributed by atoms with van der Waals surface area (Å²) in [6.07, 6.45) is 0.913. The molecule has 0 aromatic heterocycles. The Hall–Kier alpha value is -1.48. The maximum absolute atomic E-state index is 12.9. The molecule has 0 saturated carbocycles. The van der Waals surface area contributed by atoms with E-state index in [1.54, 1.807) is 21.3 Å². The molecule has 0 bridgehead atoms. The SMILES string of the molecule is O=C(c1ccccc1)N1CC(S(=O)(=O)N2CCC(CN3CCOCC3)C2)C1. The van der Waals surface area contributed by atoms with Gasteiger partial charge in [-0.05, 0) is 24.5 Å². The van der Waals surface area contributed by atoms with Crippen molar-refractivity contribution >= 4 is 15.9 Å². The molecule has 1 aromatic rings. The first kappa shape index (κ1) is 18.9. The van der Waals surface area contributed by atoms with Gasteiger partial charge in [0.2, 0.25) is 10.0 Å².